The minimum atomic E-state index is -0.470. The van der Waals surface area contributed by atoms with E-state index in [0.717, 1.165) is 0 Å². The number of hydrogen-bond donors (Lipinski definition) is 1. The van der Waals surface area contributed by atoms with Gasteiger partial charge >= 0.3 is 0 Å². The van der Waals surface area contributed by atoms with Crippen molar-refractivity contribution in [3.8, 4) is 10.9 Å². The minimum absolute atomic E-state index is 0.180. The molecular formula is C10H9FN2OS. The maximum atomic E-state index is 13.5. The van der Waals surface area contributed by atoms with Gasteiger partial charge in [0.25, 0.3) is 5.19 Å². The monoisotopic (exact) mass is 224 g/mol. The van der Waals surface area contributed by atoms with Crippen LogP contribution in [0.15, 0.2) is 23.7 Å². The molecule has 0 unspecified atom stereocenters. The Morgan fingerprint density at radius 2 is 2.27 bits per heavy atom. The lowest BCUT2D eigenvalue weighted by atomic mass is 10.2. The number of halogens is 1. The van der Waals surface area contributed by atoms with E-state index in [-0.39, 0.29) is 5.75 Å². The molecule has 2 aromatic rings. The summed E-state index contributed by atoms with van der Waals surface area (Å²) in [5.41, 5.74) is 6.53. The molecule has 2 N–H and O–H groups in total. The minimum Gasteiger partial charge on any atom is -0.427 e. The smallest absolute Gasteiger partial charge is 0.278 e. The van der Waals surface area contributed by atoms with E-state index >= 15 is 0 Å². The van der Waals surface area contributed by atoms with Crippen molar-refractivity contribution < 1.29 is 9.13 Å². The highest BCUT2D eigenvalue weighted by molar-refractivity contribution is 7.11. The Morgan fingerprint density at radius 1 is 1.47 bits per heavy atom. The van der Waals surface area contributed by atoms with Crippen molar-refractivity contribution in [1.29, 1.82) is 0 Å². The van der Waals surface area contributed by atoms with Crippen LogP contribution in [0.1, 0.15) is 5.56 Å². The van der Waals surface area contributed by atoms with Gasteiger partial charge in [-0.15, -0.1) is 0 Å². The molecule has 0 spiro atoms. The molecule has 5 heteroatoms. The van der Waals surface area contributed by atoms with Gasteiger partial charge in [-0.2, -0.15) is 0 Å². The van der Waals surface area contributed by atoms with Crippen molar-refractivity contribution in [3.05, 3.63) is 35.1 Å². The second kappa shape index (κ2) is 3.86. The van der Waals surface area contributed by atoms with E-state index in [1.54, 1.807) is 24.6 Å². The molecule has 1 aromatic heterocycles. The first-order chi connectivity index (χ1) is 7.16. The lowest BCUT2D eigenvalue weighted by molar-refractivity contribution is 0.436. The molecule has 78 valence electrons. The Morgan fingerprint density at radius 3 is 2.87 bits per heavy atom. The third kappa shape index (κ3) is 2.07. The lowest BCUT2D eigenvalue weighted by Crippen LogP contribution is -1.94. The first-order valence-corrected chi connectivity index (χ1v) is 5.18. The first-order valence-electron chi connectivity index (χ1n) is 4.30. The summed E-state index contributed by atoms with van der Waals surface area (Å²) in [5, 5.41) is 2.18. The summed E-state index contributed by atoms with van der Waals surface area (Å²) in [7, 11) is 0. The van der Waals surface area contributed by atoms with Crippen molar-refractivity contribution >= 4 is 17.0 Å². The first kappa shape index (κ1) is 9.92. The predicted octanol–water partition coefficient (Wildman–Crippen LogP) is 2.97. The van der Waals surface area contributed by atoms with Gasteiger partial charge in [0, 0.05) is 23.3 Å². The van der Waals surface area contributed by atoms with Crippen LogP contribution in [-0.4, -0.2) is 4.98 Å². The number of benzene rings is 1. The van der Waals surface area contributed by atoms with E-state index < -0.39 is 5.82 Å². The van der Waals surface area contributed by atoms with Gasteiger partial charge in [0.1, 0.15) is 0 Å². The third-order valence-corrected chi connectivity index (χ3v) is 2.50. The summed E-state index contributed by atoms with van der Waals surface area (Å²) >= 11 is 1.31. The number of hydrogen-bond acceptors (Lipinski definition) is 4. The summed E-state index contributed by atoms with van der Waals surface area (Å²) in [4.78, 5) is 3.91. The number of aryl methyl sites for hydroxylation is 1. The maximum absolute atomic E-state index is 13.5. The van der Waals surface area contributed by atoms with Crippen LogP contribution in [0.4, 0.5) is 10.1 Å². The van der Waals surface area contributed by atoms with Gasteiger partial charge in [-0.3, -0.25) is 0 Å². The number of rotatable bonds is 2. The summed E-state index contributed by atoms with van der Waals surface area (Å²) < 4.78 is 18.8. The quantitative estimate of drug-likeness (QED) is 0.798. The predicted molar refractivity (Wildman–Crippen MR) is 57.7 cm³/mol. The number of anilines is 1. The zero-order valence-corrected chi connectivity index (χ0v) is 8.84. The van der Waals surface area contributed by atoms with Crippen LogP contribution in [0.5, 0.6) is 10.9 Å². The van der Waals surface area contributed by atoms with Crippen LogP contribution in [0.25, 0.3) is 0 Å². The fourth-order valence-electron chi connectivity index (χ4n) is 1.23. The summed E-state index contributed by atoms with van der Waals surface area (Å²) in [6.45, 7) is 1.74. The normalized spacial score (nSPS) is 10.3. The van der Waals surface area contributed by atoms with Crippen LogP contribution >= 0.6 is 11.3 Å². The van der Waals surface area contributed by atoms with Gasteiger partial charge < -0.3 is 10.5 Å². The van der Waals surface area contributed by atoms with Crippen LogP contribution in [0.2, 0.25) is 0 Å². The van der Waals surface area contributed by atoms with E-state index in [9.17, 15) is 4.39 Å². The summed E-state index contributed by atoms with van der Waals surface area (Å²) in [6.07, 6.45) is 1.60. The standard InChI is InChI=1S/C10H9FN2OS/c1-6-4-7(12)5-8(11)9(6)14-10-13-2-3-15-10/h2-5H,12H2,1H3. The van der Waals surface area contributed by atoms with E-state index in [1.165, 1.54) is 17.4 Å². The fourth-order valence-corrected chi connectivity index (χ4v) is 1.73. The lowest BCUT2D eigenvalue weighted by Gasteiger charge is -2.07. The summed E-state index contributed by atoms with van der Waals surface area (Å²) in [6, 6.07) is 2.89. The molecule has 1 heterocycles. The van der Waals surface area contributed by atoms with Crippen molar-refractivity contribution in [2.75, 3.05) is 5.73 Å². The Balaban J connectivity index is 2.36. The van der Waals surface area contributed by atoms with Crippen molar-refractivity contribution in [1.82, 2.24) is 4.98 Å². The molecule has 3 nitrogen and oxygen atoms in total. The van der Waals surface area contributed by atoms with Gasteiger partial charge in [0.15, 0.2) is 11.6 Å². The molecule has 2 rings (SSSR count). The SMILES string of the molecule is Cc1cc(N)cc(F)c1Oc1nccs1. The fraction of sp³-hybridized carbons (Fsp3) is 0.100. The Labute approximate surface area is 90.3 Å². The number of nitrogens with two attached hydrogens (primary N) is 1. The molecule has 15 heavy (non-hydrogen) atoms. The Bertz CT molecular complexity index is 447. The van der Waals surface area contributed by atoms with Gasteiger partial charge in [-0.1, -0.05) is 11.3 Å². The average Bonchev–Trinajstić information content (AvgIpc) is 2.63. The van der Waals surface area contributed by atoms with Gasteiger partial charge in [-0.25, -0.2) is 9.37 Å². The summed E-state index contributed by atoms with van der Waals surface area (Å²) in [5.74, 6) is -0.290. The van der Waals surface area contributed by atoms with Crippen molar-refractivity contribution in [2.45, 2.75) is 6.92 Å². The molecule has 0 bridgehead atoms. The topological polar surface area (TPSA) is 48.1 Å². The van der Waals surface area contributed by atoms with E-state index in [2.05, 4.69) is 4.98 Å². The molecule has 0 aliphatic carbocycles. The molecule has 0 saturated heterocycles. The van der Waals surface area contributed by atoms with Crippen molar-refractivity contribution in [3.63, 3.8) is 0 Å². The van der Waals surface area contributed by atoms with E-state index in [4.69, 9.17) is 10.5 Å². The number of thiazole rings is 1. The van der Waals surface area contributed by atoms with Gasteiger partial charge in [0.2, 0.25) is 0 Å². The highest BCUT2D eigenvalue weighted by atomic mass is 32.1. The molecule has 0 amide bonds. The molecule has 0 aliphatic heterocycles. The van der Waals surface area contributed by atoms with Crippen molar-refractivity contribution in [2.24, 2.45) is 0 Å². The molecule has 1 aromatic carbocycles. The third-order valence-electron chi connectivity index (χ3n) is 1.85. The van der Waals surface area contributed by atoms with Gasteiger partial charge in [0.05, 0.1) is 0 Å². The second-order valence-electron chi connectivity index (χ2n) is 3.05. The van der Waals surface area contributed by atoms with E-state index in [1.807, 2.05) is 0 Å². The molecule has 0 aliphatic rings. The largest absolute Gasteiger partial charge is 0.427 e. The number of aromatic nitrogens is 1. The van der Waals surface area contributed by atoms with Crippen LogP contribution in [0.3, 0.4) is 0 Å². The molecular weight excluding hydrogens is 215 g/mol. The molecule has 0 atom stereocenters. The highest BCUT2D eigenvalue weighted by Crippen LogP contribution is 2.30. The zero-order chi connectivity index (χ0) is 10.8. The maximum Gasteiger partial charge on any atom is 0.278 e. The van der Waals surface area contributed by atoms with Crippen LogP contribution < -0.4 is 10.5 Å². The zero-order valence-electron chi connectivity index (χ0n) is 8.03. The van der Waals surface area contributed by atoms with E-state index in [0.29, 0.717) is 16.4 Å². The van der Waals surface area contributed by atoms with Gasteiger partial charge in [-0.05, 0) is 18.6 Å². The van der Waals surface area contributed by atoms with Crippen LogP contribution in [0, 0.1) is 12.7 Å². The highest BCUT2D eigenvalue weighted by Gasteiger charge is 2.10. The number of nitrogens with zero attached hydrogens (tertiary/aromatic N) is 1. The molecule has 0 radical (unpaired) electrons. The molecule has 0 fully saturated rings. The Kier molecular flexibility index (Phi) is 2.55. The molecule has 0 saturated carbocycles. The number of ether oxygens (including phenoxy) is 1. The van der Waals surface area contributed by atoms with Crippen LogP contribution in [-0.2, 0) is 0 Å². The Hall–Kier alpha value is -1.62. The average molecular weight is 224 g/mol. The number of nitrogen functional groups attached to an aromatic ring is 1. The second-order valence-corrected chi connectivity index (χ2v) is 3.91.